The minimum absolute atomic E-state index is 0.0356. The Bertz CT molecular complexity index is 807. The average Bonchev–Trinajstić information content (AvgIpc) is 2.73. The van der Waals surface area contributed by atoms with Gasteiger partial charge < -0.3 is 9.47 Å². The summed E-state index contributed by atoms with van der Waals surface area (Å²) in [6.45, 7) is 4.80. The van der Waals surface area contributed by atoms with E-state index in [4.69, 9.17) is 9.47 Å². The van der Waals surface area contributed by atoms with Crippen molar-refractivity contribution >= 4 is 28.7 Å². The third-order valence-corrected chi connectivity index (χ3v) is 6.32. The predicted octanol–water partition coefficient (Wildman–Crippen LogP) is 6.06. The van der Waals surface area contributed by atoms with Crippen molar-refractivity contribution in [1.29, 1.82) is 0 Å². The number of carbonyl (C=O) groups is 1. The summed E-state index contributed by atoms with van der Waals surface area (Å²) in [4.78, 5) is 14.8. The summed E-state index contributed by atoms with van der Waals surface area (Å²) in [7, 11) is 0. The SMILES string of the molecule is CC1=C(I)CC[C@@H]([C@H](C)N(Cc2ccccc2)C(=O)OCc2ccccc2)O1. The van der Waals surface area contributed by atoms with Gasteiger partial charge in [-0.3, -0.25) is 4.90 Å². The van der Waals surface area contributed by atoms with Gasteiger partial charge in [-0.2, -0.15) is 0 Å². The number of ether oxygens (including phenoxy) is 2. The molecule has 0 aliphatic carbocycles. The predicted molar refractivity (Wildman–Crippen MR) is 119 cm³/mol. The lowest BCUT2D eigenvalue weighted by Gasteiger charge is -2.36. The zero-order valence-electron chi connectivity index (χ0n) is 16.3. The molecule has 1 heterocycles. The van der Waals surface area contributed by atoms with Crippen LogP contribution >= 0.6 is 22.6 Å². The molecule has 2 aromatic rings. The second kappa shape index (κ2) is 9.96. The summed E-state index contributed by atoms with van der Waals surface area (Å²) in [5, 5.41) is 0. The van der Waals surface area contributed by atoms with Gasteiger partial charge in [-0.05, 0) is 60.4 Å². The molecule has 0 radical (unpaired) electrons. The van der Waals surface area contributed by atoms with Gasteiger partial charge >= 0.3 is 6.09 Å². The molecule has 2 atom stereocenters. The molecular weight excluding hydrogens is 465 g/mol. The maximum absolute atomic E-state index is 13.0. The molecule has 0 unspecified atom stereocenters. The first-order valence-corrected chi connectivity index (χ1v) is 10.7. The molecule has 5 heteroatoms. The number of carbonyl (C=O) groups excluding carboxylic acids is 1. The lowest BCUT2D eigenvalue weighted by molar-refractivity contribution is 0.00733. The van der Waals surface area contributed by atoms with Gasteiger partial charge in [0.25, 0.3) is 0 Å². The quantitative estimate of drug-likeness (QED) is 0.462. The van der Waals surface area contributed by atoms with Crippen molar-refractivity contribution in [1.82, 2.24) is 4.90 Å². The number of halogens is 1. The molecule has 1 aliphatic rings. The van der Waals surface area contributed by atoms with Crippen molar-refractivity contribution in [2.75, 3.05) is 0 Å². The fourth-order valence-electron chi connectivity index (χ4n) is 3.29. The first-order valence-electron chi connectivity index (χ1n) is 9.57. The van der Waals surface area contributed by atoms with Crippen LogP contribution in [0.2, 0.25) is 0 Å². The summed E-state index contributed by atoms with van der Waals surface area (Å²) in [6, 6.07) is 19.7. The van der Waals surface area contributed by atoms with E-state index in [2.05, 4.69) is 22.6 Å². The molecule has 0 bridgehead atoms. The van der Waals surface area contributed by atoms with Gasteiger partial charge in [0, 0.05) is 10.1 Å². The molecule has 1 aliphatic heterocycles. The van der Waals surface area contributed by atoms with Crippen LogP contribution in [0.4, 0.5) is 4.79 Å². The van der Waals surface area contributed by atoms with Crippen molar-refractivity contribution in [2.45, 2.75) is 52.0 Å². The van der Waals surface area contributed by atoms with Crippen LogP contribution in [0.1, 0.15) is 37.8 Å². The van der Waals surface area contributed by atoms with Gasteiger partial charge in [0.05, 0.1) is 6.04 Å². The lowest BCUT2D eigenvalue weighted by atomic mass is 10.0. The topological polar surface area (TPSA) is 38.8 Å². The Balaban J connectivity index is 1.73. The van der Waals surface area contributed by atoms with Gasteiger partial charge in [-0.1, -0.05) is 60.7 Å². The van der Waals surface area contributed by atoms with E-state index in [1.54, 1.807) is 4.90 Å². The first kappa shape index (κ1) is 20.7. The van der Waals surface area contributed by atoms with Crippen LogP contribution in [-0.2, 0) is 22.6 Å². The Hall–Kier alpha value is -2.02. The summed E-state index contributed by atoms with van der Waals surface area (Å²) >= 11 is 2.33. The van der Waals surface area contributed by atoms with E-state index in [0.29, 0.717) is 6.54 Å². The fraction of sp³-hybridized carbons (Fsp3) is 0.348. The molecule has 4 nitrogen and oxygen atoms in total. The first-order chi connectivity index (χ1) is 13.5. The molecule has 2 aromatic carbocycles. The Labute approximate surface area is 180 Å². The van der Waals surface area contributed by atoms with Crippen molar-refractivity contribution in [3.05, 3.63) is 81.1 Å². The molecule has 0 saturated carbocycles. The molecular formula is C23H26INO3. The molecule has 0 saturated heterocycles. The van der Waals surface area contributed by atoms with E-state index >= 15 is 0 Å². The van der Waals surface area contributed by atoms with E-state index in [1.165, 1.54) is 3.58 Å². The van der Waals surface area contributed by atoms with Crippen LogP contribution in [-0.4, -0.2) is 23.1 Å². The van der Waals surface area contributed by atoms with Crippen molar-refractivity contribution in [3.63, 3.8) is 0 Å². The number of allylic oxidation sites excluding steroid dienone is 2. The molecule has 148 valence electrons. The van der Waals surface area contributed by atoms with E-state index < -0.39 is 0 Å². The van der Waals surface area contributed by atoms with Gasteiger partial charge in [0.1, 0.15) is 18.5 Å². The van der Waals surface area contributed by atoms with Crippen molar-refractivity contribution in [3.8, 4) is 0 Å². The number of hydrogen-bond acceptors (Lipinski definition) is 3. The second-order valence-corrected chi connectivity index (χ2v) is 8.35. The zero-order chi connectivity index (χ0) is 19.9. The summed E-state index contributed by atoms with van der Waals surface area (Å²) in [5.74, 6) is 0.959. The highest BCUT2D eigenvalue weighted by Gasteiger charge is 2.32. The average molecular weight is 491 g/mol. The zero-order valence-corrected chi connectivity index (χ0v) is 18.5. The Morgan fingerprint density at radius 3 is 2.36 bits per heavy atom. The molecule has 0 N–H and O–H groups in total. The number of nitrogens with zero attached hydrogens (tertiary/aromatic N) is 1. The second-order valence-electron chi connectivity index (χ2n) is 7.05. The summed E-state index contributed by atoms with van der Waals surface area (Å²) in [5.41, 5.74) is 2.05. The number of amides is 1. The number of benzene rings is 2. The van der Waals surface area contributed by atoms with Gasteiger partial charge in [0.15, 0.2) is 0 Å². The maximum Gasteiger partial charge on any atom is 0.410 e. The highest BCUT2D eigenvalue weighted by Crippen LogP contribution is 2.31. The molecule has 0 aromatic heterocycles. The molecule has 0 spiro atoms. The van der Waals surface area contributed by atoms with Crippen molar-refractivity contribution in [2.24, 2.45) is 0 Å². The van der Waals surface area contributed by atoms with E-state index in [-0.39, 0.29) is 24.8 Å². The van der Waals surface area contributed by atoms with Crippen molar-refractivity contribution < 1.29 is 14.3 Å². The van der Waals surface area contributed by atoms with Gasteiger partial charge in [0.2, 0.25) is 0 Å². The Morgan fingerprint density at radius 1 is 1.14 bits per heavy atom. The summed E-state index contributed by atoms with van der Waals surface area (Å²) in [6.07, 6.45) is 1.53. The highest BCUT2D eigenvalue weighted by atomic mass is 127. The van der Waals surface area contributed by atoms with Crippen LogP contribution < -0.4 is 0 Å². The normalized spacial score (nSPS) is 17.6. The Kier molecular flexibility index (Phi) is 7.36. The fourth-order valence-corrected chi connectivity index (χ4v) is 3.73. The highest BCUT2D eigenvalue weighted by molar-refractivity contribution is 14.1. The van der Waals surface area contributed by atoms with Crippen LogP contribution in [0.15, 0.2) is 70.0 Å². The largest absolute Gasteiger partial charge is 0.492 e. The van der Waals surface area contributed by atoms with Crippen LogP contribution in [0.5, 0.6) is 0 Å². The standard InChI is InChI=1S/C23H26INO3/c1-17(22-14-13-21(24)18(2)28-22)25(15-19-9-5-3-6-10-19)23(26)27-16-20-11-7-4-8-12-20/h3-12,17,22H,13-16H2,1-2H3/t17-,22-/m0/s1. The van der Waals surface area contributed by atoms with Crippen LogP contribution in [0.25, 0.3) is 0 Å². The maximum atomic E-state index is 13.0. The molecule has 3 rings (SSSR count). The number of rotatable bonds is 6. The third kappa shape index (κ3) is 5.50. The molecule has 1 amide bonds. The van der Waals surface area contributed by atoms with Gasteiger partial charge in [-0.15, -0.1) is 0 Å². The number of hydrogen-bond donors (Lipinski definition) is 0. The van der Waals surface area contributed by atoms with Crippen LogP contribution in [0, 0.1) is 0 Å². The monoisotopic (exact) mass is 491 g/mol. The van der Waals surface area contributed by atoms with Gasteiger partial charge in [-0.25, -0.2) is 4.79 Å². The minimum atomic E-state index is -0.314. The van der Waals surface area contributed by atoms with E-state index in [0.717, 1.165) is 29.7 Å². The Morgan fingerprint density at radius 2 is 1.75 bits per heavy atom. The summed E-state index contributed by atoms with van der Waals surface area (Å²) < 4.78 is 13.0. The van der Waals surface area contributed by atoms with E-state index in [9.17, 15) is 4.79 Å². The van der Waals surface area contributed by atoms with E-state index in [1.807, 2.05) is 74.5 Å². The minimum Gasteiger partial charge on any atom is -0.492 e. The van der Waals surface area contributed by atoms with Crippen LogP contribution in [0.3, 0.4) is 0 Å². The molecule has 28 heavy (non-hydrogen) atoms. The lowest BCUT2D eigenvalue weighted by Crippen LogP contribution is -2.46. The molecule has 0 fully saturated rings. The third-order valence-electron chi connectivity index (χ3n) is 5.02. The smallest absolute Gasteiger partial charge is 0.410 e.